The van der Waals surface area contributed by atoms with Crippen LogP contribution in [0.1, 0.15) is 5.56 Å². The van der Waals surface area contributed by atoms with Crippen molar-refractivity contribution in [3.63, 3.8) is 0 Å². The highest BCUT2D eigenvalue weighted by Crippen LogP contribution is 2.30. The molecule has 1 atom stereocenters. The Hall–Kier alpha value is -2.39. The van der Waals surface area contributed by atoms with E-state index in [2.05, 4.69) is 32.3 Å². The van der Waals surface area contributed by atoms with E-state index in [0.29, 0.717) is 5.92 Å². The number of pyridine rings is 1. The van der Waals surface area contributed by atoms with E-state index in [9.17, 15) is 4.39 Å². The highest BCUT2D eigenvalue weighted by molar-refractivity contribution is 7.18. The molecule has 3 heterocycles. The summed E-state index contributed by atoms with van der Waals surface area (Å²) < 4.78 is 24.2. The molecule has 4 rings (SSSR count). The van der Waals surface area contributed by atoms with Crippen LogP contribution in [0.4, 0.5) is 15.3 Å². The molecule has 1 aliphatic rings. The van der Waals surface area contributed by atoms with Crippen LogP contribution in [0.25, 0.3) is 10.4 Å². The van der Waals surface area contributed by atoms with Crippen LogP contribution in [0.2, 0.25) is 0 Å². The maximum absolute atomic E-state index is 13.2. The lowest BCUT2D eigenvalue weighted by Gasteiger charge is -2.23. The van der Waals surface area contributed by atoms with Crippen molar-refractivity contribution in [2.45, 2.75) is 6.42 Å². The molecule has 0 bridgehead atoms. The van der Waals surface area contributed by atoms with Crippen LogP contribution in [0.15, 0.2) is 48.8 Å². The largest absolute Gasteiger partial charge is 0.383 e. The fraction of sp³-hybridized carbons (Fsp3) is 0.391. The molecule has 0 radical (unpaired) electrons. The fourth-order valence-corrected chi connectivity index (χ4v) is 4.52. The number of benzene rings is 1. The van der Waals surface area contributed by atoms with E-state index in [1.54, 1.807) is 25.4 Å². The van der Waals surface area contributed by atoms with E-state index in [0.717, 1.165) is 67.3 Å². The number of rotatable bonds is 8. The van der Waals surface area contributed by atoms with Gasteiger partial charge in [-0.2, -0.15) is 0 Å². The SMILES string of the molecule is COCCN1CCOCC(Cc2ccnc(Nc3ncc(-c4ccc(F)cc4)s3)c2)C1. The first-order valence-corrected chi connectivity index (χ1v) is 11.2. The van der Waals surface area contributed by atoms with Crippen LogP contribution in [-0.4, -0.2) is 61.4 Å². The monoisotopic (exact) mass is 442 g/mol. The summed E-state index contributed by atoms with van der Waals surface area (Å²) in [6.07, 6.45) is 4.55. The van der Waals surface area contributed by atoms with Crippen molar-refractivity contribution in [2.24, 2.45) is 5.92 Å². The number of methoxy groups -OCH3 is 1. The lowest BCUT2D eigenvalue weighted by molar-refractivity contribution is 0.119. The smallest absolute Gasteiger partial charge is 0.188 e. The summed E-state index contributed by atoms with van der Waals surface area (Å²) in [6.45, 7) is 5.15. The minimum atomic E-state index is -0.242. The van der Waals surface area contributed by atoms with Gasteiger partial charge in [0, 0.05) is 39.1 Å². The Morgan fingerprint density at radius 3 is 2.97 bits per heavy atom. The number of anilines is 2. The minimum Gasteiger partial charge on any atom is -0.383 e. The molecule has 1 N–H and O–H groups in total. The summed E-state index contributed by atoms with van der Waals surface area (Å²) in [5.41, 5.74) is 2.16. The van der Waals surface area contributed by atoms with Gasteiger partial charge < -0.3 is 14.8 Å². The average molecular weight is 443 g/mol. The molecule has 1 aromatic carbocycles. The Bertz CT molecular complexity index is 966. The summed E-state index contributed by atoms with van der Waals surface area (Å²) in [6, 6.07) is 10.6. The summed E-state index contributed by atoms with van der Waals surface area (Å²) in [5.74, 6) is 0.955. The Labute approximate surface area is 186 Å². The van der Waals surface area contributed by atoms with Crippen LogP contribution in [0.3, 0.4) is 0 Å². The predicted octanol–water partition coefficient (Wildman–Crippen LogP) is 4.23. The average Bonchev–Trinajstić information content (AvgIpc) is 3.12. The zero-order chi connectivity index (χ0) is 21.5. The lowest BCUT2D eigenvalue weighted by atomic mass is 10.0. The van der Waals surface area contributed by atoms with Gasteiger partial charge in [0.15, 0.2) is 5.13 Å². The van der Waals surface area contributed by atoms with Crippen molar-refractivity contribution in [1.29, 1.82) is 0 Å². The van der Waals surface area contributed by atoms with E-state index in [1.165, 1.54) is 29.0 Å². The van der Waals surface area contributed by atoms with Crippen molar-refractivity contribution in [3.8, 4) is 10.4 Å². The second kappa shape index (κ2) is 10.8. The normalized spacial score (nSPS) is 17.4. The molecule has 1 fully saturated rings. The summed E-state index contributed by atoms with van der Waals surface area (Å²) in [7, 11) is 1.74. The molecule has 1 unspecified atom stereocenters. The first kappa shape index (κ1) is 21.8. The maximum Gasteiger partial charge on any atom is 0.188 e. The van der Waals surface area contributed by atoms with Gasteiger partial charge in [0.2, 0.25) is 0 Å². The van der Waals surface area contributed by atoms with Crippen molar-refractivity contribution in [1.82, 2.24) is 14.9 Å². The summed E-state index contributed by atoms with van der Waals surface area (Å²) in [5, 5.41) is 4.05. The first-order chi connectivity index (χ1) is 15.2. The highest BCUT2D eigenvalue weighted by Gasteiger charge is 2.19. The molecule has 2 aromatic heterocycles. The highest BCUT2D eigenvalue weighted by atomic mass is 32.1. The van der Waals surface area contributed by atoms with Gasteiger partial charge in [-0.3, -0.25) is 4.90 Å². The third-order valence-electron chi connectivity index (χ3n) is 5.25. The van der Waals surface area contributed by atoms with Crippen LogP contribution < -0.4 is 5.32 Å². The number of nitrogens with zero attached hydrogens (tertiary/aromatic N) is 3. The molecule has 0 amide bonds. The second-order valence-corrected chi connectivity index (χ2v) is 8.68. The van der Waals surface area contributed by atoms with E-state index < -0.39 is 0 Å². The van der Waals surface area contributed by atoms with Crippen LogP contribution >= 0.6 is 11.3 Å². The topological polar surface area (TPSA) is 59.5 Å². The number of aromatic nitrogens is 2. The predicted molar refractivity (Wildman–Crippen MR) is 121 cm³/mol. The molecular weight excluding hydrogens is 415 g/mol. The van der Waals surface area contributed by atoms with Gasteiger partial charge in [-0.25, -0.2) is 14.4 Å². The van der Waals surface area contributed by atoms with Gasteiger partial charge in [0.05, 0.1) is 24.7 Å². The maximum atomic E-state index is 13.2. The molecule has 1 saturated heterocycles. The number of ether oxygens (including phenoxy) is 2. The fourth-order valence-electron chi connectivity index (χ4n) is 3.69. The van der Waals surface area contributed by atoms with Gasteiger partial charge in [-0.1, -0.05) is 23.5 Å². The van der Waals surface area contributed by atoms with E-state index in [-0.39, 0.29) is 5.82 Å². The zero-order valence-electron chi connectivity index (χ0n) is 17.6. The van der Waals surface area contributed by atoms with Crippen molar-refractivity contribution in [2.75, 3.05) is 51.9 Å². The van der Waals surface area contributed by atoms with Gasteiger partial charge in [-0.15, -0.1) is 0 Å². The molecule has 31 heavy (non-hydrogen) atoms. The van der Waals surface area contributed by atoms with Crippen molar-refractivity contribution in [3.05, 3.63) is 60.2 Å². The second-order valence-electron chi connectivity index (χ2n) is 7.65. The third kappa shape index (κ3) is 6.30. The number of hydrogen-bond acceptors (Lipinski definition) is 7. The van der Waals surface area contributed by atoms with Crippen molar-refractivity contribution >= 4 is 22.3 Å². The summed E-state index contributed by atoms with van der Waals surface area (Å²) in [4.78, 5) is 12.3. The number of nitrogens with one attached hydrogen (secondary N) is 1. The van der Waals surface area contributed by atoms with E-state index >= 15 is 0 Å². The molecule has 0 saturated carbocycles. The molecule has 1 aliphatic heterocycles. The third-order valence-corrected chi connectivity index (χ3v) is 6.21. The molecule has 0 spiro atoms. The molecule has 0 aliphatic carbocycles. The number of halogens is 1. The number of thiazole rings is 1. The zero-order valence-corrected chi connectivity index (χ0v) is 18.4. The molecular formula is C23H27FN4O2S. The Morgan fingerprint density at radius 2 is 2.13 bits per heavy atom. The van der Waals surface area contributed by atoms with E-state index in [4.69, 9.17) is 9.47 Å². The van der Waals surface area contributed by atoms with Gasteiger partial charge in [0.25, 0.3) is 0 Å². The standard InChI is InChI=1S/C23H27FN4O2S/c1-29-10-8-28-9-11-30-16-18(15-28)12-17-6-7-25-22(13-17)27-23-26-14-21(31-23)19-2-4-20(24)5-3-19/h2-7,13-14,18H,8-12,15-16H2,1H3,(H,25,26,27). The van der Waals surface area contributed by atoms with Gasteiger partial charge >= 0.3 is 0 Å². The molecule has 3 aromatic rings. The minimum absolute atomic E-state index is 0.242. The van der Waals surface area contributed by atoms with Crippen LogP contribution in [0.5, 0.6) is 0 Å². The number of hydrogen-bond donors (Lipinski definition) is 1. The van der Waals surface area contributed by atoms with Gasteiger partial charge in [0.1, 0.15) is 11.6 Å². The first-order valence-electron chi connectivity index (χ1n) is 10.4. The Kier molecular flexibility index (Phi) is 7.58. The van der Waals surface area contributed by atoms with E-state index in [1.807, 2.05) is 6.20 Å². The summed E-state index contributed by atoms with van der Waals surface area (Å²) >= 11 is 1.52. The quantitative estimate of drug-likeness (QED) is 0.564. The van der Waals surface area contributed by atoms with Crippen LogP contribution in [-0.2, 0) is 15.9 Å². The van der Waals surface area contributed by atoms with Gasteiger partial charge in [-0.05, 0) is 47.7 Å². The molecule has 8 heteroatoms. The Balaban J connectivity index is 1.39. The lowest BCUT2D eigenvalue weighted by Crippen LogP contribution is -2.33. The molecule has 6 nitrogen and oxygen atoms in total. The Morgan fingerprint density at radius 1 is 1.26 bits per heavy atom. The van der Waals surface area contributed by atoms with Crippen molar-refractivity contribution < 1.29 is 13.9 Å². The van der Waals surface area contributed by atoms with Crippen LogP contribution in [0, 0.1) is 11.7 Å². The molecule has 164 valence electrons.